The van der Waals surface area contributed by atoms with Crippen LogP contribution in [-0.2, 0) is 6.54 Å². The molecule has 0 saturated heterocycles. The fraction of sp³-hybridized carbons (Fsp3) is 0.471. The molecule has 0 aliphatic heterocycles. The van der Waals surface area contributed by atoms with E-state index in [1.54, 1.807) is 0 Å². The number of aromatic nitrogens is 2. The summed E-state index contributed by atoms with van der Waals surface area (Å²) in [6, 6.07) is 1.52. The first kappa shape index (κ1) is 18.6. The van der Waals surface area contributed by atoms with Gasteiger partial charge in [0.1, 0.15) is 12.1 Å². The van der Waals surface area contributed by atoms with Crippen LogP contribution in [0.25, 0.3) is 0 Å². The van der Waals surface area contributed by atoms with Crippen LogP contribution < -0.4 is 21.9 Å². The summed E-state index contributed by atoms with van der Waals surface area (Å²) >= 11 is 0. The molecule has 0 aliphatic carbocycles. The van der Waals surface area contributed by atoms with Gasteiger partial charge in [0.25, 0.3) is 11.5 Å². The molecule has 0 saturated carbocycles. The van der Waals surface area contributed by atoms with E-state index in [2.05, 4.69) is 4.98 Å². The summed E-state index contributed by atoms with van der Waals surface area (Å²) in [7, 11) is 0. The summed E-state index contributed by atoms with van der Waals surface area (Å²) in [6.07, 6.45) is 4.29. The first-order valence-electron chi connectivity index (χ1n) is 8.33. The number of rotatable bonds is 7. The molecule has 2 heterocycles. The number of carbonyl (C=O) groups excluding carboxylic acids is 1. The van der Waals surface area contributed by atoms with E-state index in [0.717, 1.165) is 12.8 Å². The molecule has 2 aromatic heterocycles. The van der Waals surface area contributed by atoms with Crippen molar-refractivity contribution in [2.24, 2.45) is 5.92 Å². The molecule has 0 bridgehead atoms. The molecule has 3 N–H and O–H groups in total. The van der Waals surface area contributed by atoms with Gasteiger partial charge in [-0.25, -0.2) is 4.79 Å². The number of nitrogens with zero attached hydrogens (tertiary/aromatic N) is 2. The van der Waals surface area contributed by atoms with Crippen LogP contribution >= 0.6 is 0 Å². The topological polar surface area (TPSA) is 114 Å². The second-order valence-corrected chi connectivity index (χ2v) is 6.32. The largest absolute Gasteiger partial charge is 0.472 e. The lowest BCUT2D eigenvalue weighted by Crippen LogP contribution is -2.42. The van der Waals surface area contributed by atoms with Crippen LogP contribution in [0.15, 0.2) is 32.6 Å². The van der Waals surface area contributed by atoms with Crippen molar-refractivity contribution in [2.75, 3.05) is 17.2 Å². The summed E-state index contributed by atoms with van der Waals surface area (Å²) in [4.78, 5) is 40.9. The molecule has 136 valence electrons. The molecule has 1 amide bonds. The van der Waals surface area contributed by atoms with Crippen molar-refractivity contribution in [1.82, 2.24) is 9.55 Å². The number of anilines is 2. The van der Waals surface area contributed by atoms with Crippen LogP contribution in [0.1, 0.15) is 44.0 Å². The number of nitrogens with one attached hydrogen (secondary N) is 1. The second kappa shape index (κ2) is 7.87. The summed E-state index contributed by atoms with van der Waals surface area (Å²) in [5, 5.41) is 0. The fourth-order valence-corrected chi connectivity index (χ4v) is 2.56. The van der Waals surface area contributed by atoms with E-state index in [-0.39, 0.29) is 24.0 Å². The van der Waals surface area contributed by atoms with Gasteiger partial charge in [0, 0.05) is 13.1 Å². The number of H-pyrrole nitrogens is 1. The molecule has 0 radical (unpaired) electrons. The van der Waals surface area contributed by atoms with E-state index >= 15 is 0 Å². The zero-order valence-corrected chi connectivity index (χ0v) is 14.7. The number of hydrogen-bond acceptors (Lipinski definition) is 5. The number of furan rings is 1. The summed E-state index contributed by atoms with van der Waals surface area (Å²) < 4.78 is 6.26. The Balaban J connectivity index is 2.58. The Morgan fingerprint density at radius 2 is 2.12 bits per heavy atom. The molecule has 0 fully saturated rings. The van der Waals surface area contributed by atoms with Gasteiger partial charge in [-0.3, -0.25) is 19.1 Å². The van der Waals surface area contributed by atoms with Gasteiger partial charge >= 0.3 is 5.69 Å². The SMILES string of the molecule is CCCCn1c(N)c(N(CC(C)C)C(=O)c2ccoc2)c(=O)[nH]c1=O. The molecular weight excluding hydrogens is 324 g/mol. The van der Waals surface area contributed by atoms with Crippen molar-refractivity contribution in [3.8, 4) is 0 Å². The Kier molecular flexibility index (Phi) is 5.84. The van der Waals surface area contributed by atoms with E-state index in [9.17, 15) is 14.4 Å². The number of carbonyl (C=O) groups is 1. The van der Waals surface area contributed by atoms with E-state index < -0.39 is 17.2 Å². The highest BCUT2D eigenvalue weighted by Crippen LogP contribution is 2.21. The highest BCUT2D eigenvalue weighted by Gasteiger charge is 2.26. The van der Waals surface area contributed by atoms with Crippen molar-refractivity contribution in [1.29, 1.82) is 0 Å². The third kappa shape index (κ3) is 4.01. The van der Waals surface area contributed by atoms with Gasteiger partial charge < -0.3 is 15.1 Å². The zero-order chi connectivity index (χ0) is 18.6. The Hall–Kier alpha value is -2.77. The third-order valence-corrected chi connectivity index (χ3v) is 3.78. The van der Waals surface area contributed by atoms with E-state index in [4.69, 9.17) is 10.2 Å². The smallest absolute Gasteiger partial charge is 0.330 e. The Morgan fingerprint density at radius 1 is 1.40 bits per heavy atom. The molecule has 25 heavy (non-hydrogen) atoms. The maximum absolute atomic E-state index is 12.8. The summed E-state index contributed by atoms with van der Waals surface area (Å²) in [6.45, 7) is 6.49. The first-order valence-corrected chi connectivity index (χ1v) is 8.33. The molecule has 8 nitrogen and oxygen atoms in total. The molecule has 0 atom stereocenters. The van der Waals surface area contributed by atoms with Crippen LogP contribution in [0.5, 0.6) is 0 Å². The summed E-state index contributed by atoms with van der Waals surface area (Å²) in [5.74, 6) is -0.314. The highest BCUT2D eigenvalue weighted by molar-refractivity contribution is 6.07. The van der Waals surface area contributed by atoms with Crippen LogP contribution in [-0.4, -0.2) is 22.0 Å². The minimum Gasteiger partial charge on any atom is -0.472 e. The molecule has 0 aromatic carbocycles. The number of nitrogen functional groups attached to an aromatic ring is 1. The number of aromatic amines is 1. The number of amides is 1. The Labute approximate surface area is 145 Å². The average molecular weight is 348 g/mol. The lowest BCUT2D eigenvalue weighted by molar-refractivity contribution is 0.0983. The average Bonchev–Trinajstić information content (AvgIpc) is 3.07. The fourth-order valence-electron chi connectivity index (χ4n) is 2.56. The lowest BCUT2D eigenvalue weighted by atomic mass is 10.1. The van der Waals surface area contributed by atoms with Crippen molar-refractivity contribution >= 4 is 17.4 Å². The zero-order valence-electron chi connectivity index (χ0n) is 14.7. The van der Waals surface area contributed by atoms with Gasteiger partial charge in [0.2, 0.25) is 0 Å². The van der Waals surface area contributed by atoms with Crippen LogP contribution in [0.4, 0.5) is 11.5 Å². The van der Waals surface area contributed by atoms with Crippen molar-refractivity contribution in [3.05, 3.63) is 45.0 Å². The van der Waals surface area contributed by atoms with Crippen molar-refractivity contribution < 1.29 is 9.21 Å². The van der Waals surface area contributed by atoms with Gasteiger partial charge in [-0.15, -0.1) is 0 Å². The van der Waals surface area contributed by atoms with Crippen LogP contribution in [0.2, 0.25) is 0 Å². The maximum Gasteiger partial charge on any atom is 0.330 e. The molecular formula is C17H24N4O4. The predicted molar refractivity (Wildman–Crippen MR) is 95.9 cm³/mol. The lowest BCUT2D eigenvalue weighted by Gasteiger charge is -2.25. The van der Waals surface area contributed by atoms with Gasteiger partial charge in [-0.2, -0.15) is 0 Å². The molecule has 2 rings (SSSR count). The monoisotopic (exact) mass is 348 g/mol. The van der Waals surface area contributed by atoms with Crippen LogP contribution in [0, 0.1) is 5.92 Å². The second-order valence-electron chi connectivity index (χ2n) is 6.32. The quantitative estimate of drug-likeness (QED) is 0.792. The Morgan fingerprint density at radius 3 is 2.68 bits per heavy atom. The molecule has 0 unspecified atom stereocenters. The van der Waals surface area contributed by atoms with Gasteiger partial charge in [-0.05, 0) is 18.4 Å². The van der Waals surface area contributed by atoms with E-state index in [1.807, 2.05) is 20.8 Å². The van der Waals surface area contributed by atoms with Crippen molar-refractivity contribution in [2.45, 2.75) is 40.2 Å². The Bertz CT molecular complexity index is 833. The van der Waals surface area contributed by atoms with Crippen molar-refractivity contribution in [3.63, 3.8) is 0 Å². The van der Waals surface area contributed by atoms with Gasteiger partial charge in [0.05, 0.1) is 11.8 Å². The number of nitrogens with two attached hydrogens (primary N) is 1. The standard InChI is InChI=1S/C17H24N4O4/c1-4-5-7-20-14(18)13(15(22)19-17(20)24)21(9-11(2)3)16(23)12-6-8-25-10-12/h6,8,10-11H,4-5,7,9,18H2,1-3H3,(H,19,22,24). The summed E-state index contributed by atoms with van der Waals surface area (Å²) in [5.41, 5.74) is 5.18. The third-order valence-electron chi connectivity index (χ3n) is 3.78. The normalized spacial score (nSPS) is 11.0. The van der Waals surface area contributed by atoms with Gasteiger partial charge in [-0.1, -0.05) is 27.2 Å². The minimum atomic E-state index is -0.673. The highest BCUT2D eigenvalue weighted by atomic mass is 16.3. The minimum absolute atomic E-state index is 0.000283. The van der Waals surface area contributed by atoms with Crippen LogP contribution in [0.3, 0.4) is 0 Å². The number of unbranched alkanes of at least 4 members (excludes halogenated alkanes) is 1. The maximum atomic E-state index is 12.8. The van der Waals surface area contributed by atoms with E-state index in [0.29, 0.717) is 12.1 Å². The number of hydrogen-bond donors (Lipinski definition) is 2. The molecule has 2 aromatic rings. The first-order chi connectivity index (χ1) is 11.9. The molecule has 0 aliphatic rings. The predicted octanol–water partition coefficient (Wildman–Crippen LogP) is 1.81. The van der Waals surface area contributed by atoms with E-state index in [1.165, 1.54) is 28.1 Å². The molecule has 0 spiro atoms. The molecule has 8 heteroatoms. The van der Waals surface area contributed by atoms with Gasteiger partial charge in [0.15, 0.2) is 5.69 Å².